The number of benzene rings is 3. The number of ether oxygens (including phenoxy) is 5. The number of methoxy groups -OCH3 is 1. The summed E-state index contributed by atoms with van der Waals surface area (Å²) in [6.45, 7) is 1.29. The molecule has 0 aliphatic carbocycles. The van der Waals surface area contributed by atoms with Gasteiger partial charge >= 0.3 is 0 Å². The van der Waals surface area contributed by atoms with Gasteiger partial charge in [-0.1, -0.05) is 84.4 Å². The molecule has 186 valence electrons. The highest BCUT2D eigenvalue weighted by Gasteiger charge is 2.47. The van der Waals surface area contributed by atoms with Crippen LogP contribution in [0.25, 0.3) is 0 Å². The van der Waals surface area contributed by atoms with Gasteiger partial charge in [0.25, 0.3) is 0 Å². The van der Waals surface area contributed by atoms with E-state index < -0.39 is 30.7 Å². The van der Waals surface area contributed by atoms with Crippen LogP contribution in [0, 0.1) is 0 Å². The van der Waals surface area contributed by atoms with E-state index in [1.54, 1.807) is 0 Å². The molecule has 0 amide bonds. The monoisotopic (exact) mass is 498 g/mol. The van der Waals surface area contributed by atoms with Gasteiger partial charge in [-0.3, -0.25) is 0 Å². The number of hydrogen-bond donors (Lipinski definition) is 1. The van der Waals surface area contributed by atoms with E-state index in [0.29, 0.717) is 24.8 Å². The minimum absolute atomic E-state index is 0.236. The smallest absolute Gasteiger partial charge is 0.186 e. The Bertz CT molecular complexity index is 1000. The zero-order chi connectivity index (χ0) is 24.5. The van der Waals surface area contributed by atoms with E-state index in [9.17, 15) is 5.11 Å². The number of halogens is 1. The van der Waals surface area contributed by atoms with Crippen LogP contribution >= 0.6 is 11.6 Å². The van der Waals surface area contributed by atoms with Crippen molar-refractivity contribution in [3.8, 4) is 0 Å². The van der Waals surface area contributed by atoms with Gasteiger partial charge in [-0.15, -0.1) is 0 Å². The number of aliphatic hydroxyl groups excluding tert-OH is 1. The van der Waals surface area contributed by atoms with Gasteiger partial charge in [0, 0.05) is 12.1 Å². The van der Waals surface area contributed by atoms with Gasteiger partial charge in [-0.25, -0.2) is 0 Å². The van der Waals surface area contributed by atoms with Crippen LogP contribution in [0.3, 0.4) is 0 Å². The quantitative estimate of drug-likeness (QED) is 0.411. The number of rotatable bonds is 11. The Kier molecular flexibility index (Phi) is 9.68. The lowest BCUT2D eigenvalue weighted by atomic mass is 9.98. The topological polar surface area (TPSA) is 66.4 Å². The van der Waals surface area contributed by atoms with Crippen molar-refractivity contribution in [3.63, 3.8) is 0 Å². The van der Waals surface area contributed by atoms with Crippen LogP contribution in [0.1, 0.15) is 16.7 Å². The molecule has 5 atom stereocenters. The first-order valence-electron chi connectivity index (χ1n) is 11.6. The Balaban J connectivity index is 1.48. The van der Waals surface area contributed by atoms with E-state index in [0.717, 1.165) is 16.7 Å². The van der Waals surface area contributed by atoms with Crippen LogP contribution in [0.2, 0.25) is 5.02 Å². The summed E-state index contributed by atoms with van der Waals surface area (Å²) in [4.78, 5) is 0. The van der Waals surface area contributed by atoms with Gasteiger partial charge in [0.15, 0.2) is 6.29 Å². The zero-order valence-corrected chi connectivity index (χ0v) is 20.4. The van der Waals surface area contributed by atoms with E-state index in [-0.39, 0.29) is 6.61 Å². The summed E-state index contributed by atoms with van der Waals surface area (Å²) >= 11 is 5.98. The first-order chi connectivity index (χ1) is 17.1. The molecule has 0 radical (unpaired) electrons. The molecule has 1 unspecified atom stereocenters. The largest absolute Gasteiger partial charge is 0.385 e. The zero-order valence-electron chi connectivity index (χ0n) is 19.7. The fourth-order valence-corrected chi connectivity index (χ4v) is 4.15. The lowest BCUT2D eigenvalue weighted by molar-refractivity contribution is -0.313. The third-order valence-corrected chi connectivity index (χ3v) is 6.13. The molecule has 3 aromatic rings. The highest BCUT2D eigenvalue weighted by Crippen LogP contribution is 2.28. The highest BCUT2D eigenvalue weighted by molar-refractivity contribution is 6.30. The Labute approximate surface area is 211 Å². The SMILES string of the molecule is COC1O[C@H](COCc2ccc(Cl)cc2)[C@@H](OCc2ccccc2)[C@H](OCc2ccccc2)[C@H]1O. The van der Waals surface area contributed by atoms with E-state index in [2.05, 4.69) is 0 Å². The molecule has 0 bridgehead atoms. The summed E-state index contributed by atoms with van der Waals surface area (Å²) in [5, 5.41) is 11.7. The van der Waals surface area contributed by atoms with Crippen molar-refractivity contribution in [2.24, 2.45) is 0 Å². The Morgan fingerprint density at radius 3 is 1.86 bits per heavy atom. The summed E-state index contributed by atoms with van der Waals surface area (Å²) in [6.07, 6.45) is -3.67. The number of hydrogen-bond acceptors (Lipinski definition) is 6. The van der Waals surface area contributed by atoms with Gasteiger partial charge in [0.05, 0.1) is 26.4 Å². The summed E-state index contributed by atoms with van der Waals surface area (Å²) in [7, 11) is 1.50. The van der Waals surface area contributed by atoms with Crippen LogP contribution in [0.4, 0.5) is 0 Å². The molecule has 0 saturated carbocycles. The minimum Gasteiger partial charge on any atom is -0.385 e. The summed E-state index contributed by atoms with van der Waals surface area (Å²) in [6, 6.07) is 27.2. The fourth-order valence-electron chi connectivity index (χ4n) is 4.02. The predicted molar refractivity (Wildman–Crippen MR) is 133 cm³/mol. The first kappa shape index (κ1) is 25.8. The van der Waals surface area contributed by atoms with Crippen molar-refractivity contribution in [2.75, 3.05) is 13.7 Å². The molecule has 1 fully saturated rings. The van der Waals surface area contributed by atoms with E-state index >= 15 is 0 Å². The second-order valence-electron chi connectivity index (χ2n) is 8.43. The fraction of sp³-hybridized carbons (Fsp3) is 0.357. The minimum atomic E-state index is -1.03. The maximum Gasteiger partial charge on any atom is 0.186 e. The van der Waals surface area contributed by atoms with E-state index in [4.69, 9.17) is 35.3 Å². The second kappa shape index (κ2) is 13.1. The molecule has 0 spiro atoms. The molecule has 1 heterocycles. The average Bonchev–Trinajstić information content (AvgIpc) is 2.90. The standard InChI is InChI=1S/C28H31ClO6/c1-31-28-25(30)27(34-18-21-10-6-3-7-11-21)26(33-17-20-8-4-2-5-9-20)24(35-28)19-32-16-22-12-14-23(29)15-13-22/h2-15,24-28,30H,16-19H2,1H3/t24-,25-,26-,27-,28?/m1/s1. The van der Waals surface area contributed by atoms with Crippen molar-refractivity contribution < 1.29 is 28.8 Å². The third kappa shape index (κ3) is 7.35. The van der Waals surface area contributed by atoms with Crippen LogP contribution < -0.4 is 0 Å². The van der Waals surface area contributed by atoms with Crippen LogP contribution in [-0.4, -0.2) is 49.5 Å². The second-order valence-corrected chi connectivity index (χ2v) is 8.87. The van der Waals surface area contributed by atoms with Crippen molar-refractivity contribution in [3.05, 3.63) is 107 Å². The van der Waals surface area contributed by atoms with Crippen molar-refractivity contribution in [1.82, 2.24) is 0 Å². The normalized spacial score (nSPS) is 24.4. The first-order valence-corrected chi connectivity index (χ1v) is 12.0. The average molecular weight is 499 g/mol. The van der Waals surface area contributed by atoms with Crippen LogP contribution in [-0.2, 0) is 43.5 Å². The molecular formula is C28H31ClO6. The third-order valence-electron chi connectivity index (χ3n) is 5.88. The van der Waals surface area contributed by atoms with Gasteiger partial charge in [0.2, 0.25) is 0 Å². The molecule has 7 heteroatoms. The van der Waals surface area contributed by atoms with Crippen molar-refractivity contribution >= 4 is 11.6 Å². The molecule has 6 nitrogen and oxygen atoms in total. The maximum atomic E-state index is 11.0. The Morgan fingerprint density at radius 2 is 1.29 bits per heavy atom. The lowest BCUT2D eigenvalue weighted by Gasteiger charge is -2.43. The van der Waals surface area contributed by atoms with Crippen molar-refractivity contribution in [1.29, 1.82) is 0 Å². The van der Waals surface area contributed by atoms with Gasteiger partial charge in [0.1, 0.15) is 24.4 Å². The molecule has 1 N–H and O–H groups in total. The highest BCUT2D eigenvalue weighted by atomic mass is 35.5. The summed E-state index contributed by atoms with van der Waals surface area (Å²) in [5.41, 5.74) is 3.00. The predicted octanol–water partition coefficient (Wildman–Crippen LogP) is 4.76. The van der Waals surface area contributed by atoms with Gasteiger partial charge < -0.3 is 28.8 Å². The van der Waals surface area contributed by atoms with E-state index in [1.165, 1.54) is 7.11 Å². The van der Waals surface area contributed by atoms with Crippen LogP contribution in [0.15, 0.2) is 84.9 Å². The summed E-state index contributed by atoms with van der Waals surface area (Å²) in [5.74, 6) is 0. The van der Waals surface area contributed by atoms with Gasteiger partial charge in [-0.05, 0) is 28.8 Å². The molecule has 4 rings (SSSR count). The number of aliphatic hydroxyl groups is 1. The molecule has 3 aromatic carbocycles. The summed E-state index contributed by atoms with van der Waals surface area (Å²) < 4.78 is 30.0. The maximum absolute atomic E-state index is 11.0. The molecule has 0 aromatic heterocycles. The molecule has 35 heavy (non-hydrogen) atoms. The Morgan fingerprint density at radius 1 is 0.743 bits per heavy atom. The molecular weight excluding hydrogens is 468 g/mol. The molecule has 1 saturated heterocycles. The Hall–Kier alpha value is -2.29. The van der Waals surface area contributed by atoms with Crippen molar-refractivity contribution in [2.45, 2.75) is 50.5 Å². The molecule has 1 aliphatic rings. The van der Waals surface area contributed by atoms with Crippen LogP contribution in [0.5, 0.6) is 0 Å². The lowest BCUT2D eigenvalue weighted by Crippen LogP contribution is -2.60. The van der Waals surface area contributed by atoms with Gasteiger partial charge in [-0.2, -0.15) is 0 Å². The van der Waals surface area contributed by atoms with E-state index in [1.807, 2.05) is 84.9 Å². The molecule has 1 aliphatic heterocycles.